The van der Waals surface area contributed by atoms with Gasteiger partial charge in [0.25, 0.3) is 0 Å². The maximum Gasteiger partial charge on any atom is 0.227 e. The van der Waals surface area contributed by atoms with E-state index in [4.69, 9.17) is 16.3 Å². The van der Waals surface area contributed by atoms with Crippen molar-refractivity contribution in [3.05, 3.63) is 17.2 Å². The lowest BCUT2D eigenvalue weighted by molar-refractivity contribution is -0.123. The number of carbonyl (C=O) groups is 2. The minimum absolute atomic E-state index is 0.0168. The zero-order chi connectivity index (χ0) is 20.3. The van der Waals surface area contributed by atoms with Crippen molar-refractivity contribution in [2.75, 3.05) is 24.8 Å². The molecule has 0 saturated carbocycles. The van der Waals surface area contributed by atoms with Crippen LogP contribution in [0.25, 0.3) is 0 Å². The number of amides is 2. The fourth-order valence-corrected chi connectivity index (χ4v) is 5.14. The van der Waals surface area contributed by atoms with Crippen molar-refractivity contribution in [2.24, 2.45) is 5.92 Å². The largest absolute Gasteiger partial charge is 0.494 e. The van der Waals surface area contributed by atoms with Gasteiger partial charge in [0, 0.05) is 23.6 Å². The summed E-state index contributed by atoms with van der Waals surface area (Å²) in [7, 11) is 3.75. The molecule has 0 spiro atoms. The number of methoxy groups -OCH3 is 1. The second-order valence-electron chi connectivity index (χ2n) is 8.05. The molecule has 0 aromatic heterocycles. The standard InChI is InChI=1S/C21H30ClN3O3/c1-4-5-7-21-8-6-15(25(21)2)9-14(12-21)20(27)24-18-10-16(22)17(23-13-26)11-19(18)28-3/h10-11,13-15H,4-9,12H2,1-3H3,(H,23,26)(H,24,27). The molecule has 2 aliphatic rings. The topological polar surface area (TPSA) is 70.7 Å². The molecule has 2 bridgehead atoms. The van der Waals surface area contributed by atoms with Gasteiger partial charge in [-0.25, -0.2) is 0 Å². The zero-order valence-electron chi connectivity index (χ0n) is 16.9. The first-order valence-corrected chi connectivity index (χ1v) is 10.4. The van der Waals surface area contributed by atoms with Crippen molar-refractivity contribution in [1.82, 2.24) is 4.90 Å². The molecule has 3 atom stereocenters. The average molecular weight is 408 g/mol. The number of anilines is 2. The van der Waals surface area contributed by atoms with Gasteiger partial charge in [0.1, 0.15) is 5.75 Å². The Morgan fingerprint density at radius 2 is 2.21 bits per heavy atom. The Balaban J connectivity index is 1.76. The van der Waals surface area contributed by atoms with Crippen LogP contribution in [0.15, 0.2) is 12.1 Å². The summed E-state index contributed by atoms with van der Waals surface area (Å²) in [5, 5.41) is 5.90. The van der Waals surface area contributed by atoms with Crippen LogP contribution >= 0.6 is 11.6 Å². The lowest BCUT2D eigenvalue weighted by Gasteiger charge is -2.45. The Morgan fingerprint density at radius 3 is 2.89 bits per heavy atom. The summed E-state index contributed by atoms with van der Waals surface area (Å²) in [6.45, 7) is 2.22. The number of halogens is 1. The number of unbranched alkanes of at least 4 members (excludes halogenated alkanes) is 1. The maximum absolute atomic E-state index is 13.1. The molecule has 3 rings (SSSR count). The molecule has 0 radical (unpaired) electrons. The van der Waals surface area contributed by atoms with E-state index in [0.29, 0.717) is 34.6 Å². The van der Waals surface area contributed by atoms with Gasteiger partial charge in [0.15, 0.2) is 0 Å². The van der Waals surface area contributed by atoms with Gasteiger partial charge >= 0.3 is 0 Å². The molecule has 154 valence electrons. The molecule has 1 aromatic rings. The van der Waals surface area contributed by atoms with E-state index in [1.165, 1.54) is 32.8 Å². The number of rotatable bonds is 8. The van der Waals surface area contributed by atoms with Gasteiger partial charge in [-0.1, -0.05) is 31.4 Å². The van der Waals surface area contributed by atoms with Crippen molar-refractivity contribution < 1.29 is 14.3 Å². The van der Waals surface area contributed by atoms with E-state index in [1.807, 2.05) is 0 Å². The van der Waals surface area contributed by atoms with Gasteiger partial charge in [-0.2, -0.15) is 0 Å². The van der Waals surface area contributed by atoms with Crippen molar-refractivity contribution >= 4 is 35.3 Å². The van der Waals surface area contributed by atoms with Gasteiger partial charge in [-0.15, -0.1) is 0 Å². The van der Waals surface area contributed by atoms with Crippen LogP contribution in [0.5, 0.6) is 5.75 Å². The van der Waals surface area contributed by atoms with Crippen LogP contribution in [0.3, 0.4) is 0 Å². The summed E-state index contributed by atoms with van der Waals surface area (Å²) >= 11 is 6.23. The fourth-order valence-electron chi connectivity index (χ4n) is 4.92. The van der Waals surface area contributed by atoms with E-state index >= 15 is 0 Å². The molecule has 2 N–H and O–H groups in total. The smallest absolute Gasteiger partial charge is 0.227 e. The molecule has 2 amide bonds. The number of hydrogen-bond donors (Lipinski definition) is 2. The Morgan fingerprint density at radius 1 is 1.43 bits per heavy atom. The van der Waals surface area contributed by atoms with E-state index < -0.39 is 0 Å². The van der Waals surface area contributed by atoms with Crippen LogP contribution in [0.1, 0.15) is 51.9 Å². The third-order valence-corrected chi connectivity index (χ3v) is 6.86. The Labute approximate surface area is 171 Å². The highest BCUT2D eigenvalue weighted by atomic mass is 35.5. The molecule has 28 heavy (non-hydrogen) atoms. The van der Waals surface area contributed by atoms with Crippen LogP contribution in [-0.4, -0.2) is 43.0 Å². The minimum atomic E-state index is -0.0168. The quantitative estimate of drug-likeness (QED) is 0.630. The highest BCUT2D eigenvalue weighted by Crippen LogP contribution is 2.48. The molecular weight excluding hydrogens is 378 g/mol. The van der Waals surface area contributed by atoms with E-state index in [2.05, 4.69) is 29.5 Å². The highest BCUT2D eigenvalue weighted by Gasteiger charge is 2.50. The van der Waals surface area contributed by atoms with Crippen LogP contribution in [-0.2, 0) is 9.59 Å². The number of piperidine rings is 1. The Bertz CT molecular complexity index is 742. The summed E-state index contributed by atoms with van der Waals surface area (Å²) in [5.74, 6) is 0.474. The van der Waals surface area contributed by atoms with Gasteiger partial charge in [0.05, 0.1) is 23.5 Å². The third-order valence-electron chi connectivity index (χ3n) is 6.55. The summed E-state index contributed by atoms with van der Waals surface area (Å²) in [6, 6.07) is 3.72. The number of nitrogens with one attached hydrogen (secondary N) is 2. The molecule has 3 unspecified atom stereocenters. The van der Waals surface area contributed by atoms with E-state index in [9.17, 15) is 9.59 Å². The molecule has 2 heterocycles. The molecule has 2 fully saturated rings. The van der Waals surface area contributed by atoms with Crippen molar-refractivity contribution in [2.45, 2.75) is 63.5 Å². The van der Waals surface area contributed by atoms with Crippen LogP contribution < -0.4 is 15.4 Å². The molecule has 2 saturated heterocycles. The number of hydrogen-bond acceptors (Lipinski definition) is 4. The predicted octanol–water partition coefficient (Wildman–Crippen LogP) is 4.29. The predicted molar refractivity (Wildman–Crippen MR) is 112 cm³/mol. The van der Waals surface area contributed by atoms with Crippen molar-refractivity contribution in [3.63, 3.8) is 0 Å². The summed E-state index contributed by atoms with van der Waals surface area (Å²) in [6.07, 6.45) is 8.21. The summed E-state index contributed by atoms with van der Waals surface area (Å²) in [5.41, 5.74) is 1.13. The first-order valence-electron chi connectivity index (χ1n) is 10.1. The van der Waals surface area contributed by atoms with E-state index in [1.54, 1.807) is 12.1 Å². The summed E-state index contributed by atoms with van der Waals surface area (Å²) in [4.78, 5) is 26.3. The lowest BCUT2D eigenvalue weighted by Crippen LogP contribution is -2.52. The van der Waals surface area contributed by atoms with Crippen LogP contribution in [0.2, 0.25) is 5.02 Å². The van der Waals surface area contributed by atoms with E-state index in [-0.39, 0.29) is 17.4 Å². The van der Waals surface area contributed by atoms with Gasteiger partial charge in [-0.05, 0) is 45.2 Å². The fraction of sp³-hybridized carbons (Fsp3) is 0.619. The molecule has 0 aliphatic carbocycles. The molecule has 6 nitrogen and oxygen atoms in total. The zero-order valence-corrected chi connectivity index (χ0v) is 17.6. The van der Waals surface area contributed by atoms with Gasteiger partial charge < -0.3 is 15.4 Å². The number of carbonyl (C=O) groups excluding carboxylic acids is 2. The monoisotopic (exact) mass is 407 g/mol. The normalized spacial score (nSPS) is 26.7. The Kier molecular flexibility index (Phi) is 6.50. The maximum atomic E-state index is 13.1. The number of nitrogens with zero attached hydrogens (tertiary/aromatic N) is 1. The molecule has 7 heteroatoms. The van der Waals surface area contributed by atoms with Gasteiger partial charge in [-0.3, -0.25) is 14.5 Å². The Hall–Kier alpha value is -1.79. The first kappa shape index (κ1) is 20.9. The van der Waals surface area contributed by atoms with Gasteiger partial charge in [0.2, 0.25) is 12.3 Å². The molecule has 1 aromatic carbocycles. The summed E-state index contributed by atoms with van der Waals surface area (Å²) < 4.78 is 5.38. The number of ether oxygens (including phenoxy) is 1. The second-order valence-corrected chi connectivity index (χ2v) is 8.46. The first-order chi connectivity index (χ1) is 13.4. The third kappa shape index (κ3) is 3.98. The van der Waals surface area contributed by atoms with Crippen LogP contribution in [0.4, 0.5) is 11.4 Å². The van der Waals surface area contributed by atoms with E-state index in [0.717, 1.165) is 19.3 Å². The number of benzene rings is 1. The number of fused-ring (bicyclic) bond motifs is 2. The lowest BCUT2D eigenvalue weighted by atomic mass is 9.78. The second kappa shape index (κ2) is 8.70. The average Bonchev–Trinajstić information content (AvgIpc) is 2.86. The van der Waals surface area contributed by atoms with Crippen molar-refractivity contribution in [1.29, 1.82) is 0 Å². The SMILES string of the molecule is CCCCC12CCC(CC(C(=O)Nc3cc(Cl)c(NC=O)cc3OC)C1)N2C. The van der Waals surface area contributed by atoms with Crippen molar-refractivity contribution in [3.8, 4) is 5.75 Å². The molecular formula is C21H30ClN3O3. The van der Waals surface area contributed by atoms with Crippen LogP contribution in [0, 0.1) is 5.92 Å². The minimum Gasteiger partial charge on any atom is -0.494 e. The molecule has 2 aliphatic heterocycles. The highest BCUT2D eigenvalue weighted by molar-refractivity contribution is 6.34.